The van der Waals surface area contributed by atoms with Crippen LogP contribution in [-0.2, 0) is 11.3 Å². The van der Waals surface area contributed by atoms with E-state index in [4.69, 9.17) is 4.74 Å². The highest BCUT2D eigenvalue weighted by Crippen LogP contribution is 2.24. The van der Waals surface area contributed by atoms with E-state index in [2.05, 4.69) is 30.1 Å². The minimum atomic E-state index is -0.170. The summed E-state index contributed by atoms with van der Waals surface area (Å²) < 4.78 is 19.4. The van der Waals surface area contributed by atoms with Crippen molar-refractivity contribution in [3.8, 4) is 0 Å². The Labute approximate surface area is 114 Å². The Morgan fingerprint density at radius 3 is 2.89 bits per heavy atom. The number of ether oxygens (including phenoxy) is 1. The second-order valence-corrected chi connectivity index (χ2v) is 5.24. The van der Waals surface area contributed by atoms with Crippen molar-refractivity contribution in [2.24, 2.45) is 0 Å². The second kappa shape index (κ2) is 6.35. The van der Waals surface area contributed by atoms with E-state index < -0.39 is 0 Å². The zero-order chi connectivity index (χ0) is 13.8. The van der Waals surface area contributed by atoms with Crippen molar-refractivity contribution in [1.82, 2.24) is 5.32 Å². The van der Waals surface area contributed by atoms with Crippen LogP contribution in [0.3, 0.4) is 0 Å². The minimum absolute atomic E-state index is 0.170. The van der Waals surface area contributed by atoms with Crippen molar-refractivity contribution in [2.75, 3.05) is 24.6 Å². The molecule has 1 fully saturated rings. The van der Waals surface area contributed by atoms with Crippen LogP contribution in [0.25, 0.3) is 0 Å². The standard InChI is InChI=1S/C15H23FN2O/c1-4-17-8-13-5-14(16)7-15(6-13)18-9-12(3)19-10-11(18)2/h5-7,11-12,17H,4,8-10H2,1-3H3. The molecular weight excluding hydrogens is 243 g/mol. The summed E-state index contributed by atoms with van der Waals surface area (Å²) in [7, 11) is 0. The van der Waals surface area contributed by atoms with Crippen LogP contribution in [0.15, 0.2) is 18.2 Å². The fourth-order valence-electron chi connectivity index (χ4n) is 2.43. The molecule has 1 aliphatic heterocycles. The molecular formula is C15H23FN2O. The van der Waals surface area contributed by atoms with Crippen molar-refractivity contribution in [2.45, 2.75) is 39.5 Å². The van der Waals surface area contributed by atoms with Gasteiger partial charge in [0.15, 0.2) is 0 Å². The predicted octanol–water partition coefficient (Wildman–Crippen LogP) is 2.55. The lowest BCUT2D eigenvalue weighted by Gasteiger charge is -2.38. The summed E-state index contributed by atoms with van der Waals surface area (Å²) in [5.74, 6) is -0.170. The molecule has 1 saturated heterocycles. The minimum Gasteiger partial charge on any atom is -0.375 e. The van der Waals surface area contributed by atoms with Crippen LogP contribution >= 0.6 is 0 Å². The second-order valence-electron chi connectivity index (χ2n) is 5.24. The van der Waals surface area contributed by atoms with Gasteiger partial charge in [-0.2, -0.15) is 0 Å². The van der Waals surface area contributed by atoms with Gasteiger partial charge in [0.2, 0.25) is 0 Å². The third-order valence-electron chi connectivity index (χ3n) is 3.46. The molecule has 0 amide bonds. The number of morpholine rings is 1. The molecule has 1 aromatic rings. The average Bonchev–Trinajstić information content (AvgIpc) is 2.38. The van der Waals surface area contributed by atoms with Crippen LogP contribution in [0.2, 0.25) is 0 Å². The fourth-order valence-corrected chi connectivity index (χ4v) is 2.43. The highest BCUT2D eigenvalue weighted by atomic mass is 19.1. The van der Waals surface area contributed by atoms with Gasteiger partial charge in [0.05, 0.1) is 12.7 Å². The van der Waals surface area contributed by atoms with Crippen LogP contribution in [-0.4, -0.2) is 31.8 Å². The molecule has 2 unspecified atom stereocenters. The van der Waals surface area contributed by atoms with Crippen LogP contribution in [0.5, 0.6) is 0 Å². The SMILES string of the molecule is CCNCc1cc(F)cc(N2CC(C)OCC2C)c1. The molecule has 0 saturated carbocycles. The lowest BCUT2D eigenvalue weighted by Crippen LogP contribution is -2.47. The number of hydrogen-bond donors (Lipinski definition) is 1. The number of rotatable bonds is 4. The van der Waals surface area contributed by atoms with Gasteiger partial charge in [0.1, 0.15) is 5.82 Å². The largest absolute Gasteiger partial charge is 0.375 e. The quantitative estimate of drug-likeness (QED) is 0.906. The molecule has 0 spiro atoms. The van der Waals surface area contributed by atoms with Gasteiger partial charge in [0.25, 0.3) is 0 Å². The van der Waals surface area contributed by atoms with E-state index in [1.807, 2.05) is 6.92 Å². The summed E-state index contributed by atoms with van der Waals surface area (Å²) >= 11 is 0. The Balaban J connectivity index is 2.20. The Morgan fingerprint density at radius 2 is 2.16 bits per heavy atom. The smallest absolute Gasteiger partial charge is 0.125 e. The van der Waals surface area contributed by atoms with Gasteiger partial charge < -0.3 is 15.0 Å². The van der Waals surface area contributed by atoms with E-state index in [1.165, 1.54) is 0 Å². The summed E-state index contributed by atoms with van der Waals surface area (Å²) in [6, 6.07) is 5.57. The van der Waals surface area contributed by atoms with Crippen LogP contribution < -0.4 is 10.2 Å². The maximum absolute atomic E-state index is 13.7. The van der Waals surface area contributed by atoms with Gasteiger partial charge in [-0.05, 0) is 44.2 Å². The molecule has 3 nitrogen and oxygen atoms in total. The first-order valence-electron chi connectivity index (χ1n) is 6.98. The lowest BCUT2D eigenvalue weighted by atomic mass is 10.1. The summed E-state index contributed by atoms with van der Waals surface area (Å²) in [6.07, 6.45) is 0.191. The number of anilines is 1. The highest BCUT2D eigenvalue weighted by molar-refractivity contribution is 5.50. The number of nitrogens with zero attached hydrogens (tertiary/aromatic N) is 1. The first-order valence-corrected chi connectivity index (χ1v) is 6.98. The van der Waals surface area contributed by atoms with Crippen molar-refractivity contribution in [3.05, 3.63) is 29.6 Å². The zero-order valence-corrected chi connectivity index (χ0v) is 11.9. The molecule has 1 N–H and O–H groups in total. The monoisotopic (exact) mass is 266 g/mol. The zero-order valence-electron chi connectivity index (χ0n) is 11.9. The van der Waals surface area contributed by atoms with E-state index in [1.54, 1.807) is 12.1 Å². The molecule has 2 rings (SSSR count). The van der Waals surface area contributed by atoms with Crippen molar-refractivity contribution in [1.29, 1.82) is 0 Å². The first-order chi connectivity index (χ1) is 9.10. The highest BCUT2D eigenvalue weighted by Gasteiger charge is 2.24. The van der Waals surface area contributed by atoms with E-state index in [9.17, 15) is 4.39 Å². The third-order valence-corrected chi connectivity index (χ3v) is 3.46. The van der Waals surface area contributed by atoms with Crippen LogP contribution in [0.1, 0.15) is 26.3 Å². The molecule has 0 aliphatic carbocycles. The lowest BCUT2D eigenvalue weighted by molar-refractivity contribution is 0.0343. The number of benzene rings is 1. The van der Waals surface area contributed by atoms with E-state index in [0.29, 0.717) is 13.2 Å². The predicted molar refractivity (Wildman–Crippen MR) is 76.0 cm³/mol. The van der Waals surface area contributed by atoms with Crippen molar-refractivity contribution < 1.29 is 9.13 Å². The molecule has 0 bridgehead atoms. The fraction of sp³-hybridized carbons (Fsp3) is 0.600. The van der Waals surface area contributed by atoms with Crippen molar-refractivity contribution >= 4 is 5.69 Å². The average molecular weight is 266 g/mol. The summed E-state index contributed by atoms with van der Waals surface area (Å²) in [5.41, 5.74) is 1.94. The van der Waals surface area contributed by atoms with Gasteiger partial charge >= 0.3 is 0 Å². The Hall–Kier alpha value is -1.13. The summed E-state index contributed by atoms with van der Waals surface area (Å²) in [5, 5.41) is 3.23. The maximum Gasteiger partial charge on any atom is 0.125 e. The Kier molecular flexibility index (Phi) is 4.77. The van der Waals surface area contributed by atoms with Crippen molar-refractivity contribution in [3.63, 3.8) is 0 Å². The normalized spacial score (nSPS) is 23.7. The third kappa shape index (κ3) is 3.67. The van der Waals surface area contributed by atoms with E-state index in [-0.39, 0.29) is 18.0 Å². The molecule has 1 aromatic carbocycles. The molecule has 2 atom stereocenters. The van der Waals surface area contributed by atoms with E-state index >= 15 is 0 Å². The Bertz CT molecular complexity index is 425. The molecule has 0 aromatic heterocycles. The maximum atomic E-state index is 13.7. The molecule has 106 valence electrons. The summed E-state index contributed by atoms with van der Waals surface area (Å²) in [4.78, 5) is 2.23. The van der Waals surface area contributed by atoms with Gasteiger partial charge in [-0.25, -0.2) is 4.39 Å². The molecule has 4 heteroatoms. The summed E-state index contributed by atoms with van der Waals surface area (Å²) in [6.45, 7) is 9.31. The number of hydrogen-bond acceptors (Lipinski definition) is 3. The van der Waals surface area contributed by atoms with E-state index in [0.717, 1.165) is 24.3 Å². The number of nitrogens with one attached hydrogen (secondary N) is 1. The molecule has 0 radical (unpaired) electrons. The molecule has 1 heterocycles. The van der Waals surface area contributed by atoms with Gasteiger partial charge in [-0.3, -0.25) is 0 Å². The van der Waals surface area contributed by atoms with Gasteiger partial charge in [0, 0.05) is 24.8 Å². The van der Waals surface area contributed by atoms with Crippen LogP contribution in [0.4, 0.5) is 10.1 Å². The van der Waals surface area contributed by atoms with Gasteiger partial charge in [-0.1, -0.05) is 6.92 Å². The topological polar surface area (TPSA) is 24.5 Å². The Morgan fingerprint density at radius 1 is 1.37 bits per heavy atom. The first kappa shape index (κ1) is 14.3. The molecule has 19 heavy (non-hydrogen) atoms. The number of halogens is 1. The van der Waals surface area contributed by atoms with Gasteiger partial charge in [-0.15, -0.1) is 0 Å². The molecule has 1 aliphatic rings. The van der Waals surface area contributed by atoms with Crippen LogP contribution in [0, 0.1) is 5.82 Å².